The molecule has 2 aromatic carbocycles. The fourth-order valence-corrected chi connectivity index (χ4v) is 4.84. The summed E-state index contributed by atoms with van der Waals surface area (Å²) in [5, 5.41) is 3.27. The molecule has 0 bridgehead atoms. The Morgan fingerprint density at radius 3 is 2.59 bits per heavy atom. The summed E-state index contributed by atoms with van der Waals surface area (Å²) in [7, 11) is 1.95. The number of nitrogens with one attached hydrogen (secondary N) is 1. The van der Waals surface area contributed by atoms with Crippen LogP contribution >= 0.6 is 0 Å². The van der Waals surface area contributed by atoms with Gasteiger partial charge < -0.3 is 15.1 Å². The third kappa shape index (κ3) is 4.54. The summed E-state index contributed by atoms with van der Waals surface area (Å²) in [5.41, 5.74) is 3.32. The number of benzene rings is 2. The fourth-order valence-electron chi connectivity index (χ4n) is 4.84. The van der Waals surface area contributed by atoms with Crippen molar-refractivity contribution in [1.82, 2.24) is 15.1 Å². The summed E-state index contributed by atoms with van der Waals surface area (Å²) >= 11 is 0. The van der Waals surface area contributed by atoms with Gasteiger partial charge in [-0.15, -0.1) is 0 Å². The van der Waals surface area contributed by atoms with Crippen LogP contribution in [0.4, 0.5) is 0 Å². The molecule has 0 aromatic heterocycles. The van der Waals surface area contributed by atoms with Crippen LogP contribution in [0.1, 0.15) is 59.6 Å². The molecule has 1 N–H and O–H groups in total. The minimum atomic E-state index is 0.179. The summed E-state index contributed by atoms with van der Waals surface area (Å²) in [6, 6.07) is 19.4. The van der Waals surface area contributed by atoms with Crippen molar-refractivity contribution < 1.29 is 4.79 Å². The molecule has 1 amide bonds. The highest BCUT2D eigenvalue weighted by Crippen LogP contribution is 2.34. The molecule has 29 heavy (non-hydrogen) atoms. The molecule has 0 saturated carbocycles. The maximum absolute atomic E-state index is 13.6. The lowest BCUT2D eigenvalue weighted by atomic mass is 9.96. The smallest absolute Gasteiger partial charge is 0.254 e. The Bertz CT molecular complexity index is 816. The first-order valence-corrected chi connectivity index (χ1v) is 11.0. The summed E-state index contributed by atoms with van der Waals surface area (Å²) < 4.78 is 0. The molecule has 4 heteroatoms. The van der Waals surface area contributed by atoms with Crippen molar-refractivity contribution in [2.75, 3.05) is 33.2 Å². The van der Waals surface area contributed by atoms with E-state index in [1.807, 2.05) is 19.2 Å². The van der Waals surface area contributed by atoms with Gasteiger partial charge in [-0.2, -0.15) is 0 Å². The topological polar surface area (TPSA) is 35.6 Å². The quantitative estimate of drug-likeness (QED) is 0.807. The van der Waals surface area contributed by atoms with Gasteiger partial charge in [0.2, 0.25) is 0 Å². The van der Waals surface area contributed by atoms with Crippen molar-refractivity contribution in [3.63, 3.8) is 0 Å². The molecule has 0 aliphatic carbocycles. The Balaban J connectivity index is 1.57. The number of amides is 1. The maximum atomic E-state index is 13.6. The maximum Gasteiger partial charge on any atom is 0.254 e. The number of nitrogens with zero attached hydrogens (tertiary/aromatic N) is 2. The number of hydrogen-bond acceptors (Lipinski definition) is 3. The van der Waals surface area contributed by atoms with Crippen LogP contribution in [-0.2, 0) is 0 Å². The van der Waals surface area contributed by atoms with E-state index in [1.54, 1.807) is 0 Å². The highest BCUT2D eigenvalue weighted by Gasteiger charge is 2.37. The Hall–Kier alpha value is -2.17. The molecule has 2 aliphatic rings. The summed E-state index contributed by atoms with van der Waals surface area (Å²) in [6.45, 7) is 6.28. The van der Waals surface area contributed by atoms with Gasteiger partial charge in [0.05, 0.1) is 0 Å². The second kappa shape index (κ2) is 9.10. The molecule has 2 heterocycles. The van der Waals surface area contributed by atoms with E-state index in [1.165, 1.54) is 31.5 Å². The lowest BCUT2D eigenvalue weighted by Crippen LogP contribution is -2.42. The molecule has 0 radical (unpaired) electrons. The van der Waals surface area contributed by atoms with E-state index in [9.17, 15) is 4.79 Å². The Labute approximate surface area is 174 Å². The third-order valence-electron chi connectivity index (χ3n) is 6.68. The van der Waals surface area contributed by atoms with E-state index in [4.69, 9.17) is 0 Å². The van der Waals surface area contributed by atoms with E-state index >= 15 is 0 Å². The zero-order chi connectivity index (χ0) is 20.2. The van der Waals surface area contributed by atoms with Crippen LogP contribution in [0.15, 0.2) is 54.6 Å². The van der Waals surface area contributed by atoms with Crippen LogP contribution in [0, 0.1) is 0 Å². The van der Waals surface area contributed by atoms with Gasteiger partial charge in [0.25, 0.3) is 5.91 Å². The number of rotatable bonds is 6. The minimum absolute atomic E-state index is 0.179. The first-order valence-electron chi connectivity index (χ1n) is 11.0. The van der Waals surface area contributed by atoms with Gasteiger partial charge in [-0.25, -0.2) is 0 Å². The van der Waals surface area contributed by atoms with Gasteiger partial charge in [0.1, 0.15) is 0 Å². The van der Waals surface area contributed by atoms with Crippen molar-refractivity contribution in [2.45, 2.75) is 44.2 Å². The number of carbonyl (C=O) groups is 1. The van der Waals surface area contributed by atoms with Crippen molar-refractivity contribution in [2.24, 2.45) is 0 Å². The molecule has 3 unspecified atom stereocenters. The predicted molar refractivity (Wildman–Crippen MR) is 118 cm³/mol. The van der Waals surface area contributed by atoms with Gasteiger partial charge in [-0.05, 0) is 69.6 Å². The zero-order valence-electron chi connectivity index (χ0n) is 17.7. The molecule has 4 nitrogen and oxygen atoms in total. The largest absolute Gasteiger partial charge is 0.334 e. The molecule has 154 valence electrons. The van der Waals surface area contributed by atoms with Crippen LogP contribution in [0.3, 0.4) is 0 Å². The Morgan fingerprint density at radius 2 is 1.86 bits per heavy atom. The second-order valence-electron chi connectivity index (χ2n) is 8.60. The van der Waals surface area contributed by atoms with Gasteiger partial charge in [0, 0.05) is 36.7 Å². The van der Waals surface area contributed by atoms with Gasteiger partial charge in [-0.3, -0.25) is 4.79 Å². The zero-order valence-corrected chi connectivity index (χ0v) is 17.7. The van der Waals surface area contributed by atoms with Crippen LogP contribution in [-0.4, -0.2) is 55.0 Å². The Kier molecular flexibility index (Phi) is 6.31. The molecule has 2 aliphatic heterocycles. The lowest BCUT2D eigenvalue weighted by molar-refractivity contribution is 0.0707. The molecular formula is C25H33N3O. The molecule has 4 rings (SSSR count). The molecule has 3 atom stereocenters. The monoisotopic (exact) mass is 391 g/mol. The van der Waals surface area contributed by atoms with E-state index in [0.717, 1.165) is 30.6 Å². The third-order valence-corrected chi connectivity index (χ3v) is 6.68. The first kappa shape index (κ1) is 20.1. The number of hydrogen-bond donors (Lipinski definition) is 1. The molecule has 2 saturated heterocycles. The number of carbonyl (C=O) groups excluding carboxylic acids is 1. The van der Waals surface area contributed by atoms with E-state index in [2.05, 4.69) is 64.5 Å². The normalized spacial score (nSPS) is 23.4. The van der Waals surface area contributed by atoms with E-state index < -0.39 is 0 Å². The van der Waals surface area contributed by atoms with Gasteiger partial charge in [0.15, 0.2) is 0 Å². The summed E-state index contributed by atoms with van der Waals surface area (Å²) in [4.78, 5) is 18.2. The van der Waals surface area contributed by atoms with Crippen LogP contribution in [0.25, 0.3) is 0 Å². The van der Waals surface area contributed by atoms with Gasteiger partial charge in [-0.1, -0.05) is 42.5 Å². The first-order chi connectivity index (χ1) is 14.2. The van der Waals surface area contributed by atoms with Crippen LogP contribution in [0.2, 0.25) is 0 Å². The molecule has 2 fully saturated rings. The van der Waals surface area contributed by atoms with Crippen molar-refractivity contribution in [1.29, 1.82) is 0 Å². The van der Waals surface area contributed by atoms with Crippen LogP contribution < -0.4 is 5.32 Å². The van der Waals surface area contributed by atoms with E-state index in [0.29, 0.717) is 5.92 Å². The minimum Gasteiger partial charge on any atom is -0.334 e. The van der Waals surface area contributed by atoms with Gasteiger partial charge >= 0.3 is 0 Å². The summed E-state index contributed by atoms with van der Waals surface area (Å²) in [5.74, 6) is 0.602. The standard InChI is InChI=1S/C25H33N3O/c1-19(26-2)21-11-8-12-22(15-21)25(29)28-17-23(20-9-4-3-5-10-20)16-24(28)18-27-13-6-7-14-27/h3-5,8-12,15,19,23-24,26H,6-7,13-14,16-18H2,1-2H3. The van der Waals surface area contributed by atoms with Crippen molar-refractivity contribution in [3.8, 4) is 0 Å². The second-order valence-corrected chi connectivity index (χ2v) is 8.60. The lowest BCUT2D eigenvalue weighted by Gasteiger charge is -2.28. The highest BCUT2D eigenvalue weighted by molar-refractivity contribution is 5.95. The predicted octanol–water partition coefficient (Wildman–Crippen LogP) is 4.06. The molecular weight excluding hydrogens is 358 g/mol. The number of likely N-dealkylation sites (tertiary alicyclic amines) is 2. The van der Waals surface area contributed by atoms with E-state index in [-0.39, 0.29) is 18.0 Å². The van der Waals surface area contributed by atoms with Crippen LogP contribution in [0.5, 0.6) is 0 Å². The average Bonchev–Trinajstić information content (AvgIpc) is 3.44. The SMILES string of the molecule is CNC(C)c1cccc(C(=O)N2CC(c3ccccc3)CC2CN2CCCC2)c1. The summed E-state index contributed by atoms with van der Waals surface area (Å²) in [6.07, 6.45) is 3.62. The molecule has 2 aromatic rings. The van der Waals surface area contributed by atoms with Crippen molar-refractivity contribution in [3.05, 3.63) is 71.3 Å². The Morgan fingerprint density at radius 1 is 1.10 bits per heavy atom. The highest BCUT2D eigenvalue weighted by atomic mass is 16.2. The van der Waals surface area contributed by atoms with Crippen molar-refractivity contribution >= 4 is 5.91 Å². The fraction of sp³-hybridized carbons (Fsp3) is 0.480. The average molecular weight is 392 g/mol. The molecule has 0 spiro atoms.